The van der Waals surface area contributed by atoms with Gasteiger partial charge in [-0.25, -0.2) is 9.59 Å². The van der Waals surface area contributed by atoms with Gasteiger partial charge in [0.2, 0.25) is 5.91 Å². The molecular weight excluding hydrogens is 686 g/mol. The second kappa shape index (κ2) is 15.8. The first-order valence-electron chi connectivity index (χ1n) is 16.5. The zero-order chi connectivity index (χ0) is 37.1. The molecule has 274 valence electrons. The number of esters is 1. The van der Waals surface area contributed by atoms with Crippen LogP contribution in [0.5, 0.6) is 0 Å². The van der Waals surface area contributed by atoms with Crippen molar-refractivity contribution in [2.24, 2.45) is 11.8 Å². The number of aliphatic hydroxyl groups is 2. The summed E-state index contributed by atoms with van der Waals surface area (Å²) in [6, 6.07) is 10.1. The van der Waals surface area contributed by atoms with Gasteiger partial charge in [0.05, 0.1) is 40.1 Å². The van der Waals surface area contributed by atoms with Crippen LogP contribution in [0.2, 0.25) is 0 Å². The molecule has 3 aliphatic rings. The van der Waals surface area contributed by atoms with Crippen LogP contribution in [-0.4, -0.2) is 109 Å². The van der Waals surface area contributed by atoms with Gasteiger partial charge in [0.15, 0.2) is 0 Å². The Bertz CT molecular complexity index is 1680. The highest BCUT2D eigenvalue weighted by molar-refractivity contribution is 8.03. The number of thioether (sulfide) groups is 1. The molecule has 5 rings (SSSR count). The summed E-state index contributed by atoms with van der Waals surface area (Å²) in [5.41, 5.74) is 0.916. The number of hydrogen-bond acceptors (Lipinski definition) is 13. The van der Waals surface area contributed by atoms with Crippen molar-refractivity contribution in [1.29, 1.82) is 0 Å². The first kappa shape index (κ1) is 37.7. The largest absolute Gasteiger partial charge is 0.456 e. The van der Waals surface area contributed by atoms with E-state index in [1.54, 1.807) is 0 Å². The molecule has 2 amide bonds. The van der Waals surface area contributed by atoms with E-state index in [0.29, 0.717) is 35.4 Å². The molecule has 0 spiro atoms. The van der Waals surface area contributed by atoms with Gasteiger partial charge in [0, 0.05) is 53.4 Å². The molecule has 3 aliphatic heterocycles. The normalized spacial score (nSPS) is 23.9. The summed E-state index contributed by atoms with van der Waals surface area (Å²) in [5.74, 6) is -2.23. The Morgan fingerprint density at radius 2 is 1.53 bits per heavy atom. The summed E-state index contributed by atoms with van der Waals surface area (Å²) in [5, 5.41) is 43.4. The third kappa shape index (κ3) is 8.16. The van der Waals surface area contributed by atoms with Gasteiger partial charge in [0.1, 0.15) is 18.9 Å². The van der Waals surface area contributed by atoms with E-state index in [0.717, 1.165) is 0 Å². The van der Waals surface area contributed by atoms with Crippen LogP contribution in [0.15, 0.2) is 59.1 Å². The molecule has 2 saturated heterocycles. The van der Waals surface area contributed by atoms with Crippen molar-refractivity contribution in [3.63, 3.8) is 0 Å². The predicted octanol–water partition coefficient (Wildman–Crippen LogP) is 3.44. The van der Waals surface area contributed by atoms with E-state index in [2.05, 4.69) is 0 Å². The van der Waals surface area contributed by atoms with Crippen LogP contribution in [0, 0.1) is 32.1 Å². The Labute approximate surface area is 298 Å². The van der Waals surface area contributed by atoms with Crippen LogP contribution in [0.3, 0.4) is 0 Å². The maximum Gasteiger partial charge on any atom is 0.410 e. The van der Waals surface area contributed by atoms with Gasteiger partial charge >= 0.3 is 12.1 Å². The minimum absolute atomic E-state index is 0.0604. The highest BCUT2D eigenvalue weighted by Gasteiger charge is 2.60. The molecule has 51 heavy (non-hydrogen) atoms. The van der Waals surface area contributed by atoms with Gasteiger partial charge in [-0.1, -0.05) is 6.92 Å². The Kier molecular flexibility index (Phi) is 11.6. The maximum absolute atomic E-state index is 13.7. The average Bonchev–Trinajstić information content (AvgIpc) is 3.62. The molecule has 0 radical (unpaired) electrons. The first-order chi connectivity index (χ1) is 24.2. The minimum atomic E-state index is -0.952. The highest BCUT2D eigenvalue weighted by Crippen LogP contribution is 2.52. The lowest BCUT2D eigenvalue weighted by molar-refractivity contribution is -0.385. The fourth-order valence-electron chi connectivity index (χ4n) is 6.79. The molecule has 2 N–H and O–H groups in total. The molecule has 0 unspecified atom stereocenters. The lowest BCUT2D eigenvalue weighted by Gasteiger charge is -2.46. The quantitative estimate of drug-likeness (QED) is 0.124. The van der Waals surface area contributed by atoms with Gasteiger partial charge < -0.3 is 34.4 Å². The third-order valence-corrected chi connectivity index (χ3v) is 11.0. The van der Waals surface area contributed by atoms with E-state index < -0.39 is 58.0 Å². The third-order valence-electron chi connectivity index (χ3n) is 9.48. The number of non-ortho nitro benzene ring substituents is 2. The smallest absolute Gasteiger partial charge is 0.410 e. The van der Waals surface area contributed by atoms with E-state index in [-0.39, 0.29) is 48.0 Å². The van der Waals surface area contributed by atoms with Crippen LogP contribution in [0.4, 0.5) is 16.2 Å². The van der Waals surface area contributed by atoms with Crippen molar-refractivity contribution >= 4 is 41.1 Å². The van der Waals surface area contributed by atoms with Crippen LogP contribution >= 0.6 is 11.8 Å². The van der Waals surface area contributed by atoms with Crippen LogP contribution in [0.1, 0.15) is 37.8 Å². The second-order valence-corrected chi connectivity index (χ2v) is 14.6. The Balaban J connectivity index is 1.36. The number of nitro groups is 2. The molecule has 0 saturated carbocycles. The SMILES string of the molecule is C[C@@H](O)[C@H]1C(=O)N2C(C(=O)OCc3ccc([N+](=O)[O-])cc3)=C(S[C@H]3C[C@@H]([C@H](O)CCN(C)C)N(C(=O)OCc4ccc([N+](=O)[O-])cc4)C3)[C@H](C)[C@H]12. The van der Waals surface area contributed by atoms with E-state index in [4.69, 9.17) is 9.47 Å². The molecule has 0 aromatic heterocycles. The number of likely N-dealkylation sites (tertiary alicyclic amines) is 1. The van der Waals surface area contributed by atoms with Crippen molar-refractivity contribution in [1.82, 2.24) is 14.7 Å². The summed E-state index contributed by atoms with van der Waals surface area (Å²) in [6.07, 6.45) is -1.79. The topological polar surface area (TPSA) is 206 Å². The van der Waals surface area contributed by atoms with Gasteiger partial charge in [-0.15, -0.1) is 11.8 Å². The van der Waals surface area contributed by atoms with Crippen molar-refractivity contribution in [2.75, 3.05) is 27.2 Å². The molecule has 2 fully saturated rings. The first-order valence-corrected chi connectivity index (χ1v) is 17.4. The summed E-state index contributed by atoms with van der Waals surface area (Å²) >= 11 is 1.33. The fourth-order valence-corrected chi connectivity index (χ4v) is 8.33. The number of amides is 2. The second-order valence-electron chi connectivity index (χ2n) is 13.3. The lowest BCUT2D eigenvalue weighted by atomic mass is 9.79. The van der Waals surface area contributed by atoms with E-state index >= 15 is 0 Å². The Hall–Kier alpha value is -4.58. The number of hydrogen-bond donors (Lipinski definition) is 2. The number of β-lactam (4-membered cyclic amide) rings is 1. The number of rotatable bonds is 14. The summed E-state index contributed by atoms with van der Waals surface area (Å²) in [7, 11) is 3.75. The van der Waals surface area contributed by atoms with Crippen LogP contribution < -0.4 is 0 Å². The Morgan fingerprint density at radius 1 is 0.980 bits per heavy atom. The van der Waals surface area contributed by atoms with Crippen molar-refractivity contribution in [3.8, 4) is 0 Å². The summed E-state index contributed by atoms with van der Waals surface area (Å²) in [6.45, 7) is 3.78. The zero-order valence-corrected chi connectivity index (χ0v) is 29.4. The minimum Gasteiger partial charge on any atom is -0.456 e. The molecule has 2 aromatic carbocycles. The number of fused-ring (bicyclic) bond motifs is 1. The number of carbonyl (C=O) groups is 3. The monoisotopic (exact) mass is 727 g/mol. The van der Waals surface area contributed by atoms with Crippen LogP contribution in [0.25, 0.3) is 0 Å². The van der Waals surface area contributed by atoms with Crippen molar-refractivity contribution in [3.05, 3.63) is 90.5 Å². The molecule has 2 aromatic rings. The van der Waals surface area contributed by atoms with E-state index in [9.17, 15) is 44.8 Å². The molecule has 7 atom stereocenters. The Morgan fingerprint density at radius 3 is 2.04 bits per heavy atom. The molecular formula is C34H41N5O11S. The van der Waals surface area contributed by atoms with Crippen molar-refractivity contribution < 1.29 is 43.9 Å². The zero-order valence-electron chi connectivity index (χ0n) is 28.6. The number of aliphatic hydroxyl groups excluding tert-OH is 2. The number of ether oxygens (including phenoxy) is 2. The molecule has 16 nitrogen and oxygen atoms in total. The van der Waals surface area contributed by atoms with Crippen LogP contribution in [-0.2, 0) is 32.3 Å². The summed E-state index contributed by atoms with van der Waals surface area (Å²) in [4.78, 5) is 66.7. The molecule has 3 heterocycles. The molecule has 17 heteroatoms. The lowest BCUT2D eigenvalue weighted by Crippen LogP contribution is -2.63. The maximum atomic E-state index is 13.7. The number of benzene rings is 2. The summed E-state index contributed by atoms with van der Waals surface area (Å²) < 4.78 is 11.2. The number of carbonyl (C=O) groups excluding carboxylic acids is 3. The van der Waals surface area contributed by atoms with Gasteiger partial charge in [-0.3, -0.25) is 25.0 Å². The molecule has 0 bridgehead atoms. The van der Waals surface area contributed by atoms with Gasteiger partial charge in [-0.2, -0.15) is 0 Å². The van der Waals surface area contributed by atoms with Gasteiger partial charge in [-0.05, 0) is 69.3 Å². The number of nitrogens with zero attached hydrogens (tertiary/aromatic N) is 5. The fraction of sp³-hybridized carbons (Fsp3) is 0.500. The number of nitro benzene ring substituents is 2. The standard InChI is InChI=1S/C34H41N5O11S/c1-19-29-28(20(2)40)32(42)37(29)30(33(43)49-17-21-5-9-23(10-6-21)38(45)46)31(19)51-25-15-26(27(41)13-14-35(3)4)36(16-25)34(44)50-18-22-7-11-24(12-8-22)39(47)48/h5-12,19-20,25-29,40-41H,13-18H2,1-4H3/t19-,20-,25+,26+,27-,28-,29-/m1/s1. The predicted molar refractivity (Wildman–Crippen MR) is 184 cm³/mol. The van der Waals surface area contributed by atoms with E-state index in [1.807, 2.05) is 25.9 Å². The van der Waals surface area contributed by atoms with Crippen molar-refractivity contribution in [2.45, 2.75) is 69.4 Å². The average molecular weight is 728 g/mol. The van der Waals surface area contributed by atoms with E-state index in [1.165, 1.54) is 77.0 Å². The molecule has 0 aliphatic carbocycles. The van der Waals surface area contributed by atoms with Gasteiger partial charge in [0.25, 0.3) is 11.4 Å². The highest BCUT2D eigenvalue weighted by atomic mass is 32.2.